The first-order chi connectivity index (χ1) is 17.1. The van der Waals surface area contributed by atoms with E-state index in [0.29, 0.717) is 0 Å². The van der Waals surface area contributed by atoms with Gasteiger partial charge < -0.3 is 10.5 Å². The minimum absolute atomic E-state index is 0.0155. The van der Waals surface area contributed by atoms with Crippen LogP contribution in [-0.4, -0.2) is 30.6 Å². The molecule has 0 radical (unpaired) electrons. The number of rotatable bonds is 2. The minimum Gasteiger partial charge on any atom is -0.469 e. The Morgan fingerprint density at radius 3 is 2.24 bits per heavy atom. The number of nitrogens with two attached hydrogens (primary N) is 1. The van der Waals surface area contributed by atoms with Crippen LogP contribution >= 0.6 is 0 Å². The first-order valence-corrected chi connectivity index (χ1v) is 14.0. The highest BCUT2D eigenvalue weighted by molar-refractivity contribution is 6.20. The van der Waals surface area contributed by atoms with Gasteiger partial charge in [-0.2, -0.15) is 0 Å². The Bertz CT molecular complexity index is 1160. The highest BCUT2D eigenvalue weighted by Crippen LogP contribution is 2.73. The molecule has 2 N–H and O–H groups in total. The number of ether oxygens (including phenoxy) is 1. The first kappa shape index (κ1) is 26.4. The summed E-state index contributed by atoms with van der Waals surface area (Å²) in [6.07, 6.45) is 9.37. The zero-order chi connectivity index (χ0) is 27.3. The molecule has 3 fully saturated rings. The molecule has 0 aromatic carbocycles. The molecule has 1 amide bonds. The molecule has 6 heteroatoms. The third-order valence-corrected chi connectivity index (χ3v) is 12.2. The third kappa shape index (κ3) is 3.22. The lowest BCUT2D eigenvalue weighted by molar-refractivity contribution is -0.190. The maximum absolute atomic E-state index is 14.3. The second kappa shape index (κ2) is 7.89. The van der Waals surface area contributed by atoms with Gasteiger partial charge in [0.25, 0.3) is 5.91 Å². The van der Waals surface area contributed by atoms with E-state index in [-0.39, 0.29) is 63.0 Å². The molecule has 5 aliphatic carbocycles. The van der Waals surface area contributed by atoms with Crippen LogP contribution in [0.15, 0.2) is 23.3 Å². The molecule has 8 atom stereocenters. The number of hydrogen-bond donors (Lipinski definition) is 1. The quantitative estimate of drug-likeness (QED) is 0.419. The van der Waals surface area contributed by atoms with Crippen LogP contribution in [0.2, 0.25) is 0 Å². The Balaban J connectivity index is 1.69. The van der Waals surface area contributed by atoms with Crippen molar-refractivity contribution >= 4 is 23.4 Å². The van der Waals surface area contributed by atoms with E-state index in [2.05, 4.69) is 34.6 Å². The lowest BCUT2D eigenvalue weighted by Gasteiger charge is -2.68. The summed E-state index contributed by atoms with van der Waals surface area (Å²) < 4.78 is 5.39. The highest BCUT2D eigenvalue weighted by Gasteiger charge is 2.70. The predicted molar refractivity (Wildman–Crippen MR) is 140 cm³/mol. The third-order valence-electron chi connectivity index (χ3n) is 12.2. The van der Waals surface area contributed by atoms with Gasteiger partial charge in [-0.1, -0.05) is 53.2 Å². The van der Waals surface area contributed by atoms with Crippen molar-refractivity contribution in [2.24, 2.45) is 56.5 Å². The number of esters is 1. The Morgan fingerprint density at radius 2 is 1.62 bits per heavy atom. The number of Topliss-reactive ketones (excluding diaryl/α,β-unsaturated/α-hetero) is 1. The summed E-state index contributed by atoms with van der Waals surface area (Å²) in [5.41, 5.74) is 4.95. The normalized spacial score (nSPS) is 46.4. The van der Waals surface area contributed by atoms with E-state index in [9.17, 15) is 19.2 Å². The second-order valence-electron chi connectivity index (χ2n) is 14.3. The summed E-state index contributed by atoms with van der Waals surface area (Å²) in [6, 6.07) is 0. The van der Waals surface area contributed by atoms with Crippen molar-refractivity contribution in [2.75, 3.05) is 7.11 Å². The molecule has 6 nitrogen and oxygen atoms in total. The molecule has 1 unspecified atom stereocenters. The van der Waals surface area contributed by atoms with Crippen LogP contribution in [0.1, 0.15) is 86.5 Å². The zero-order valence-electron chi connectivity index (χ0n) is 23.5. The number of fused-ring (bicyclic) bond motifs is 7. The van der Waals surface area contributed by atoms with E-state index in [4.69, 9.17) is 10.5 Å². The molecule has 0 bridgehead atoms. The van der Waals surface area contributed by atoms with Crippen LogP contribution in [0.25, 0.3) is 0 Å². The topological polar surface area (TPSA) is 104 Å². The van der Waals surface area contributed by atoms with Crippen molar-refractivity contribution < 1.29 is 23.9 Å². The standard InChI is InChI=1S/C31H43NO5/c1-17-19-8-9-29(5)22(28(19,4)15-18(24(17)34)25(32)35)14-21(33)23-20-16-27(2,3)10-12-31(20,26(36)37-7)13-11-30(23,29)6/h14-15,17,19-20,23H,8-13,16H2,1-7H3,(H2,32,35)/t17-,19-,20?,23+,28-,29+,30+,31-/m0/s1. The average Bonchev–Trinajstić information content (AvgIpc) is 2.82. The Hall–Kier alpha value is -2.24. The number of allylic oxidation sites excluding steroid dienone is 3. The summed E-state index contributed by atoms with van der Waals surface area (Å²) >= 11 is 0. The van der Waals surface area contributed by atoms with Crippen LogP contribution in [0.4, 0.5) is 0 Å². The Morgan fingerprint density at radius 1 is 0.973 bits per heavy atom. The van der Waals surface area contributed by atoms with E-state index < -0.39 is 16.7 Å². The van der Waals surface area contributed by atoms with E-state index in [1.165, 1.54) is 7.11 Å². The number of methoxy groups -OCH3 is 1. The first-order valence-electron chi connectivity index (χ1n) is 14.0. The van der Waals surface area contributed by atoms with Gasteiger partial charge in [0.15, 0.2) is 11.6 Å². The number of ketones is 2. The second-order valence-corrected chi connectivity index (χ2v) is 14.3. The molecule has 3 saturated carbocycles. The van der Waals surface area contributed by atoms with E-state index >= 15 is 0 Å². The number of primary amides is 1. The van der Waals surface area contributed by atoms with Crippen molar-refractivity contribution in [3.05, 3.63) is 23.3 Å². The molecule has 0 saturated heterocycles. The summed E-state index contributed by atoms with van der Waals surface area (Å²) in [7, 11) is 1.47. The maximum atomic E-state index is 14.3. The molecule has 202 valence electrons. The van der Waals surface area contributed by atoms with E-state index in [0.717, 1.165) is 50.5 Å². The van der Waals surface area contributed by atoms with Crippen molar-refractivity contribution in [1.82, 2.24) is 0 Å². The molecule has 5 rings (SSSR count). The van der Waals surface area contributed by atoms with Gasteiger partial charge in [-0.05, 0) is 79.1 Å². The molecule has 0 aromatic heterocycles. The van der Waals surface area contributed by atoms with Crippen LogP contribution in [-0.2, 0) is 23.9 Å². The number of carbonyl (C=O) groups is 4. The van der Waals surface area contributed by atoms with Gasteiger partial charge in [0.1, 0.15) is 0 Å². The highest BCUT2D eigenvalue weighted by atomic mass is 16.5. The summed E-state index contributed by atoms with van der Waals surface area (Å²) in [5.74, 6) is -1.60. The van der Waals surface area contributed by atoms with Crippen molar-refractivity contribution in [3.63, 3.8) is 0 Å². The lowest BCUT2D eigenvalue weighted by Crippen LogP contribution is -2.65. The van der Waals surface area contributed by atoms with Gasteiger partial charge in [0.05, 0.1) is 18.1 Å². The zero-order valence-corrected chi connectivity index (χ0v) is 23.5. The van der Waals surface area contributed by atoms with Crippen LogP contribution in [0.5, 0.6) is 0 Å². The van der Waals surface area contributed by atoms with Crippen LogP contribution in [0.3, 0.4) is 0 Å². The number of carbonyl (C=O) groups excluding carboxylic acids is 4. The van der Waals surface area contributed by atoms with E-state index in [1.807, 2.05) is 13.0 Å². The Kier molecular flexibility index (Phi) is 5.62. The smallest absolute Gasteiger partial charge is 0.312 e. The maximum Gasteiger partial charge on any atom is 0.312 e. The fourth-order valence-electron chi connectivity index (χ4n) is 9.92. The van der Waals surface area contributed by atoms with Gasteiger partial charge in [0.2, 0.25) is 0 Å². The van der Waals surface area contributed by atoms with Crippen LogP contribution in [0, 0.1) is 50.7 Å². The molecular weight excluding hydrogens is 466 g/mol. The van der Waals surface area contributed by atoms with Crippen molar-refractivity contribution in [3.8, 4) is 0 Å². The SMILES string of the molecule is COC(=O)[C@]12CCC(C)(C)CC1[C@@H]1C(=O)C=C3[C@@]4(C)C=C(C(N)=O)C(=O)[C@@H](C)[C@@H]4CC[C@@]3(C)[C@]1(C)CC2. The van der Waals surface area contributed by atoms with Gasteiger partial charge >= 0.3 is 5.97 Å². The molecule has 0 heterocycles. The average molecular weight is 510 g/mol. The fourth-order valence-corrected chi connectivity index (χ4v) is 9.92. The number of hydrogen-bond acceptors (Lipinski definition) is 5. The van der Waals surface area contributed by atoms with Crippen molar-refractivity contribution in [2.45, 2.75) is 86.5 Å². The predicted octanol–water partition coefficient (Wildman–Crippen LogP) is 4.95. The molecule has 0 spiro atoms. The molecular formula is C31H43NO5. The summed E-state index contributed by atoms with van der Waals surface area (Å²) in [6.45, 7) is 13.0. The van der Waals surface area contributed by atoms with Gasteiger partial charge in [0, 0.05) is 17.3 Å². The lowest BCUT2D eigenvalue weighted by atomic mass is 9.35. The van der Waals surface area contributed by atoms with Gasteiger partial charge in [-0.15, -0.1) is 0 Å². The van der Waals surface area contributed by atoms with Gasteiger partial charge in [-0.3, -0.25) is 19.2 Å². The molecule has 0 aromatic rings. The number of amides is 1. The van der Waals surface area contributed by atoms with E-state index in [1.54, 1.807) is 6.08 Å². The molecule has 37 heavy (non-hydrogen) atoms. The molecule has 0 aliphatic heterocycles. The Labute approximate surface area is 220 Å². The minimum atomic E-state index is -0.694. The summed E-state index contributed by atoms with van der Waals surface area (Å²) in [4.78, 5) is 53.0. The fraction of sp³-hybridized carbons (Fsp3) is 0.742. The largest absolute Gasteiger partial charge is 0.469 e. The van der Waals surface area contributed by atoms with Gasteiger partial charge in [-0.25, -0.2) is 0 Å². The van der Waals surface area contributed by atoms with Crippen LogP contribution < -0.4 is 5.73 Å². The monoisotopic (exact) mass is 509 g/mol. The van der Waals surface area contributed by atoms with Crippen molar-refractivity contribution in [1.29, 1.82) is 0 Å². The molecule has 5 aliphatic rings. The summed E-state index contributed by atoms with van der Waals surface area (Å²) in [5, 5.41) is 0.